The standard InChI is InChI=1S/C13H18N2O3/c1-5-18-10-7-12(8-14)9(2)6-13(12,17-4)15-11(10)16-3/h6,10H,5,7H2,1-4H3/t10-,12-,13+/m1/s1. The number of methoxy groups -OCH3 is 2. The summed E-state index contributed by atoms with van der Waals surface area (Å²) in [5, 5.41) is 9.55. The monoisotopic (exact) mass is 250 g/mol. The Balaban J connectivity index is 2.46. The molecule has 5 nitrogen and oxygen atoms in total. The smallest absolute Gasteiger partial charge is 0.216 e. The predicted octanol–water partition coefficient (Wildman–Crippen LogP) is 1.65. The van der Waals surface area contributed by atoms with Gasteiger partial charge in [0.2, 0.25) is 11.6 Å². The molecular formula is C13H18N2O3. The zero-order valence-electron chi connectivity index (χ0n) is 11.2. The zero-order chi connectivity index (χ0) is 13.4. The number of nitriles is 1. The number of ether oxygens (including phenoxy) is 3. The SMILES string of the molecule is CCO[C@@H]1C[C@@]2(C#N)C(C)=C[C@@]2(OC)N=C1OC. The summed E-state index contributed by atoms with van der Waals surface area (Å²) in [7, 11) is 3.12. The fraction of sp³-hybridized carbons (Fsp3) is 0.692. The predicted molar refractivity (Wildman–Crippen MR) is 66.0 cm³/mol. The normalized spacial score (nSPS) is 37.8. The summed E-state index contributed by atoms with van der Waals surface area (Å²) < 4.78 is 16.4. The summed E-state index contributed by atoms with van der Waals surface area (Å²) in [5.41, 5.74) is -0.663. The number of hydrogen-bond donors (Lipinski definition) is 0. The van der Waals surface area contributed by atoms with Gasteiger partial charge in [-0.15, -0.1) is 0 Å². The van der Waals surface area contributed by atoms with Gasteiger partial charge in [-0.25, -0.2) is 4.99 Å². The molecule has 0 radical (unpaired) electrons. The van der Waals surface area contributed by atoms with E-state index in [-0.39, 0.29) is 6.10 Å². The van der Waals surface area contributed by atoms with Crippen LogP contribution in [0.4, 0.5) is 0 Å². The minimum absolute atomic E-state index is 0.286. The number of nitrogens with zero attached hydrogens (tertiary/aromatic N) is 2. The minimum atomic E-state index is -0.912. The molecule has 1 aliphatic heterocycles. The summed E-state index contributed by atoms with van der Waals surface area (Å²) in [6.07, 6.45) is 2.10. The van der Waals surface area contributed by atoms with Crippen LogP contribution in [0.1, 0.15) is 20.3 Å². The number of rotatable bonds is 3. The van der Waals surface area contributed by atoms with Crippen molar-refractivity contribution in [2.45, 2.75) is 32.1 Å². The Bertz CT molecular complexity index is 452. The molecule has 3 atom stereocenters. The molecule has 0 N–H and O–H groups in total. The van der Waals surface area contributed by atoms with Crippen molar-refractivity contribution < 1.29 is 14.2 Å². The first-order chi connectivity index (χ1) is 8.59. The molecule has 0 amide bonds. The van der Waals surface area contributed by atoms with Crippen LogP contribution in [0.5, 0.6) is 0 Å². The van der Waals surface area contributed by atoms with Gasteiger partial charge in [0.15, 0.2) is 0 Å². The Morgan fingerprint density at radius 3 is 2.72 bits per heavy atom. The lowest BCUT2D eigenvalue weighted by atomic mass is 9.59. The van der Waals surface area contributed by atoms with Crippen molar-refractivity contribution in [3.8, 4) is 6.07 Å². The third kappa shape index (κ3) is 1.43. The van der Waals surface area contributed by atoms with Crippen LogP contribution in [-0.2, 0) is 14.2 Å². The van der Waals surface area contributed by atoms with E-state index in [1.807, 2.05) is 19.9 Å². The number of fused-ring (bicyclic) bond motifs is 1. The summed E-state index contributed by atoms with van der Waals surface area (Å²) >= 11 is 0. The van der Waals surface area contributed by atoms with Crippen LogP contribution < -0.4 is 0 Å². The Morgan fingerprint density at radius 1 is 1.56 bits per heavy atom. The first kappa shape index (κ1) is 13.1. The van der Waals surface area contributed by atoms with Gasteiger partial charge in [0.1, 0.15) is 11.5 Å². The van der Waals surface area contributed by atoms with E-state index < -0.39 is 11.1 Å². The first-order valence-electron chi connectivity index (χ1n) is 6.00. The Hall–Kier alpha value is -1.38. The van der Waals surface area contributed by atoms with E-state index >= 15 is 0 Å². The van der Waals surface area contributed by atoms with E-state index in [4.69, 9.17) is 14.2 Å². The second-order valence-electron chi connectivity index (χ2n) is 4.55. The van der Waals surface area contributed by atoms with Crippen molar-refractivity contribution >= 4 is 5.90 Å². The van der Waals surface area contributed by atoms with Gasteiger partial charge in [0.25, 0.3) is 0 Å². The van der Waals surface area contributed by atoms with Gasteiger partial charge in [-0.3, -0.25) is 0 Å². The summed E-state index contributed by atoms with van der Waals surface area (Å²) in [6, 6.07) is 2.36. The van der Waals surface area contributed by atoms with Gasteiger partial charge in [-0.2, -0.15) is 5.26 Å². The molecular weight excluding hydrogens is 232 g/mol. The van der Waals surface area contributed by atoms with Crippen LogP contribution >= 0.6 is 0 Å². The highest BCUT2D eigenvalue weighted by Crippen LogP contribution is 2.57. The third-order valence-electron chi connectivity index (χ3n) is 3.82. The highest BCUT2D eigenvalue weighted by Gasteiger charge is 2.64. The van der Waals surface area contributed by atoms with E-state index in [0.717, 1.165) is 5.57 Å². The molecule has 5 heteroatoms. The summed E-state index contributed by atoms with van der Waals surface area (Å²) in [5.74, 6) is 0.494. The molecule has 0 fully saturated rings. The Morgan fingerprint density at radius 2 is 2.28 bits per heavy atom. The van der Waals surface area contributed by atoms with Crippen molar-refractivity contribution in [3.63, 3.8) is 0 Å². The average Bonchev–Trinajstić information content (AvgIpc) is 2.38. The summed E-state index contributed by atoms with van der Waals surface area (Å²) in [6.45, 7) is 4.39. The highest BCUT2D eigenvalue weighted by atomic mass is 16.5. The summed E-state index contributed by atoms with van der Waals surface area (Å²) in [4.78, 5) is 4.46. The van der Waals surface area contributed by atoms with E-state index in [1.54, 1.807) is 14.2 Å². The van der Waals surface area contributed by atoms with Crippen molar-refractivity contribution in [2.24, 2.45) is 10.4 Å². The molecule has 2 aliphatic rings. The van der Waals surface area contributed by atoms with Gasteiger partial charge in [-0.05, 0) is 25.5 Å². The van der Waals surface area contributed by atoms with E-state index in [0.29, 0.717) is 18.9 Å². The second kappa shape index (κ2) is 4.38. The zero-order valence-corrected chi connectivity index (χ0v) is 11.2. The first-order valence-corrected chi connectivity index (χ1v) is 6.00. The lowest BCUT2D eigenvalue weighted by Gasteiger charge is -2.52. The third-order valence-corrected chi connectivity index (χ3v) is 3.82. The van der Waals surface area contributed by atoms with Crippen LogP contribution in [0, 0.1) is 16.7 Å². The second-order valence-corrected chi connectivity index (χ2v) is 4.55. The van der Waals surface area contributed by atoms with Crippen molar-refractivity contribution in [3.05, 3.63) is 11.6 Å². The molecule has 0 aromatic rings. The molecule has 0 unspecified atom stereocenters. The maximum absolute atomic E-state index is 9.55. The molecule has 1 aliphatic carbocycles. The van der Waals surface area contributed by atoms with Gasteiger partial charge < -0.3 is 14.2 Å². The van der Waals surface area contributed by atoms with E-state index in [9.17, 15) is 5.26 Å². The van der Waals surface area contributed by atoms with Crippen molar-refractivity contribution in [2.75, 3.05) is 20.8 Å². The average molecular weight is 250 g/mol. The molecule has 0 bridgehead atoms. The topological polar surface area (TPSA) is 63.8 Å². The fourth-order valence-corrected chi connectivity index (χ4v) is 2.78. The van der Waals surface area contributed by atoms with Crippen molar-refractivity contribution in [1.29, 1.82) is 5.26 Å². The Kier molecular flexibility index (Phi) is 3.18. The Labute approximate surface area is 107 Å². The van der Waals surface area contributed by atoms with E-state index in [2.05, 4.69) is 11.1 Å². The van der Waals surface area contributed by atoms with E-state index in [1.165, 1.54) is 0 Å². The minimum Gasteiger partial charge on any atom is -0.482 e. The molecule has 0 aromatic heterocycles. The van der Waals surface area contributed by atoms with Gasteiger partial charge in [0, 0.05) is 20.1 Å². The lowest BCUT2D eigenvalue weighted by molar-refractivity contribution is -0.0855. The molecule has 0 saturated carbocycles. The molecule has 18 heavy (non-hydrogen) atoms. The molecule has 1 heterocycles. The molecule has 0 saturated heterocycles. The maximum atomic E-state index is 9.55. The van der Waals surface area contributed by atoms with Crippen LogP contribution in [0.3, 0.4) is 0 Å². The van der Waals surface area contributed by atoms with Crippen LogP contribution in [0.15, 0.2) is 16.6 Å². The number of hydrogen-bond acceptors (Lipinski definition) is 5. The highest BCUT2D eigenvalue weighted by molar-refractivity contribution is 5.83. The molecule has 0 spiro atoms. The van der Waals surface area contributed by atoms with Crippen LogP contribution in [0.2, 0.25) is 0 Å². The largest absolute Gasteiger partial charge is 0.482 e. The van der Waals surface area contributed by atoms with Crippen LogP contribution in [0.25, 0.3) is 0 Å². The molecule has 2 rings (SSSR count). The van der Waals surface area contributed by atoms with Crippen molar-refractivity contribution in [1.82, 2.24) is 0 Å². The number of aliphatic imine (C=N–C) groups is 1. The lowest BCUT2D eigenvalue weighted by Crippen LogP contribution is -2.60. The maximum Gasteiger partial charge on any atom is 0.216 e. The molecule has 0 aromatic carbocycles. The van der Waals surface area contributed by atoms with Crippen LogP contribution in [-0.4, -0.2) is 38.6 Å². The fourth-order valence-electron chi connectivity index (χ4n) is 2.78. The van der Waals surface area contributed by atoms with Gasteiger partial charge in [-0.1, -0.05) is 0 Å². The molecule has 98 valence electrons. The quantitative estimate of drug-likeness (QED) is 0.714. The van der Waals surface area contributed by atoms with Gasteiger partial charge in [0.05, 0.1) is 13.2 Å². The van der Waals surface area contributed by atoms with Gasteiger partial charge >= 0.3 is 0 Å².